The summed E-state index contributed by atoms with van der Waals surface area (Å²) in [4.78, 5) is 10.2. The highest BCUT2D eigenvalue weighted by atomic mass is 35.5. The predicted molar refractivity (Wildman–Crippen MR) is 86.9 cm³/mol. The third-order valence-electron chi connectivity index (χ3n) is 3.39. The lowest BCUT2D eigenvalue weighted by atomic mass is 10.1. The van der Waals surface area contributed by atoms with Gasteiger partial charge in [-0.3, -0.25) is 4.55 Å². The van der Waals surface area contributed by atoms with Crippen molar-refractivity contribution in [3.05, 3.63) is 47.0 Å². The Morgan fingerprint density at radius 2 is 1.81 bits per heavy atom. The van der Waals surface area contributed by atoms with Gasteiger partial charge >= 0.3 is 6.18 Å². The molecule has 1 N–H and O–H groups in total. The van der Waals surface area contributed by atoms with E-state index in [2.05, 4.69) is 20.1 Å². The summed E-state index contributed by atoms with van der Waals surface area (Å²) in [6.07, 6.45) is -3.36. The molecule has 0 fully saturated rings. The molecule has 0 amide bonds. The Morgan fingerprint density at radius 3 is 2.33 bits per heavy atom. The first-order valence-electron chi connectivity index (χ1n) is 7.07. The van der Waals surface area contributed by atoms with Crippen molar-refractivity contribution in [2.75, 3.05) is 0 Å². The van der Waals surface area contributed by atoms with E-state index in [1.807, 2.05) is 0 Å². The number of benzene rings is 1. The minimum absolute atomic E-state index is 0.219. The zero-order valence-electron chi connectivity index (χ0n) is 13.3. The number of halogens is 4. The lowest BCUT2D eigenvalue weighted by Crippen LogP contribution is -2.10. The molecule has 0 radical (unpaired) electrons. The van der Waals surface area contributed by atoms with Crippen molar-refractivity contribution >= 4 is 21.7 Å². The van der Waals surface area contributed by atoms with Crippen LogP contribution in [0.5, 0.6) is 0 Å². The summed E-state index contributed by atoms with van der Waals surface area (Å²) in [6, 6.07) is 4.49. The number of rotatable bonds is 3. The number of nitrogens with zero attached hydrogens (tertiary/aromatic N) is 5. The largest absolute Gasteiger partial charge is 0.453 e. The minimum Gasteiger partial charge on any atom is -0.282 e. The summed E-state index contributed by atoms with van der Waals surface area (Å²) in [7, 11) is -4.56. The van der Waals surface area contributed by atoms with Gasteiger partial charge in [-0.2, -0.15) is 26.3 Å². The molecule has 3 aromatic rings. The van der Waals surface area contributed by atoms with Crippen LogP contribution in [0.25, 0.3) is 17.3 Å². The highest BCUT2D eigenvalue weighted by molar-refractivity contribution is 7.85. The van der Waals surface area contributed by atoms with Gasteiger partial charge in [0, 0.05) is 10.6 Å². The van der Waals surface area contributed by atoms with Crippen LogP contribution in [-0.4, -0.2) is 37.7 Å². The van der Waals surface area contributed by atoms with Gasteiger partial charge in [0.2, 0.25) is 0 Å². The molecule has 0 aliphatic rings. The molecule has 27 heavy (non-hydrogen) atoms. The Morgan fingerprint density at radius 1 is 1.19 bits per heavy atom. The average molecular weight is 420 g/mol. The van der Waals surface area contributed by atoms with Crippen LogP contribution in [-0.2, 0) is 16.3 Å². The molecule has 2 heterocycles. The van der Waals surface area contributed by atoms with Gasteiger partial charge in [0.25, 0.3) is 21.9 Å². The van der Waals surface area contributed by atoms with Gasteiger partial charge in [-0.05, 0) is 18.6 Å². The molecular formula is C14H9ClF3N5O3S. The maximum Gasteiger partial charge on any atom is 0.453 e. The Balaban J connectivity index is 2.19. The first kappa shape index (κ1) is 19.2. The molecule has 0 bridgehead atoms. The van der Waals surface area contributed by atoms with Gasteiger partial charge in [-0.15, -0.1) is 5.10 Å². The fraction of sp³-hybridized carbons (Fsp3) is 0.143. The number of alkyl halides is 3. The third-order valence-corrected chi connectivity index (χ3v) is 4.61. The lowest BCUT2D eigenvalue weighted by molar-refractivity contribution is -0.144. The topological polar surface area (TPSA) is 111 Å². The zero-order chi connectivity index (χ0) is 20.0. The van der Waals surface area contributed by atoms with E-state index in [0.717, 1.165) is 12.4 Å². The molecule has 0 saturated carbocycles. The second kappa shape index (κ2) is 6.55. The minimum atomic E-state index is -4.83. The van der Waals surface area contributed by atoms with Gasteiger partial charge in [-0.25, -0.2) is 15.0 Å². The van der Waals surface area contributed by atoms with Crippen LogP contribution in [0, 0.1) is 6.92 Å². The Labute approximate surface area is 155 Å². The summed E-state index contributed by atoms with van der Waals surface area (Å²) in [5, 5.41) is 3.68. The van der Waals surface area contributed by atoms with E-state index in [4.69, 9.17) is 16.2 Å². The van der Waals surface area contributed by atoms with Crippen LogP contribution in [0.1, 0.15) is 11.4 Å². The molecular weight excluding hydrogens is 411 g/mol. The van der Waals surface area contributed by atoms with Crippen molar-refractivity contribution in [1.82, 2.24) is 24.7 Å². The van der Waals surface area contributed by atoms with Gasteiger partial charge in [-0.1, -0.05) is 23.7 Å². The first-order valence-corrected chi connectivity index (χ1v) is 8.89. The fourth-order valence-corrected chi connectivity index (χ4v) is 2.59. The predicted octanol–water partition coefficient (Wildman–Crippen LogP) is 2.95. The quantitative estimate of drug-likeness (QED) is 0.649. The van der Waals surface area contributed by atoms with Crippen molar-refractivity contribution in [2.24, 2.45) is 0 Å². The van der Waals surface area contributed by atoms with E-state index in [-0.39, 0.29) is 17.3 Å². The summed E-state index contributed by atoms with van der Waals surface area (Å²) in [5.41, 5.74) is 0.923. The standard InChI is InChI=1S/C14H9ClF3N5O3S/c1-7-2-3-8(4-10(7)15)11-21-12(14(16,17)18)22-23(11)13-19-5-9(6-20-13)27(24,25)26/h2-6H,1H3,(H,24,25,26). The number of aromatic nitrogens is 5. The van der Waals surface area contributed by atoms with E-state index in [1.54, 1.807) is 13.0 Å². The maximum absolute atomic E-state index is 13.1. The van der Waals surface area contributed by atoms with Gasteiger partial charge in [0.05, 0.1) is 12.4 Å². The number of hydrogen-bond donors (Lipinski definition) is 1. The number of aryl methyl sites for hydroxylation is 1. The van der Waals surface area contributed by atoms with Gasteiger partial charge in [0.1, 0.15) is 4.90 Å². The highest BCUT2D eigenvalue weighted by Crippen LogP contribution is 2.31. The molecule has 2 aromatic heterocycles. The smallest absolute Gasteiger partial charge is 0.282 e. The van der Waals surface area contributed by atoms with Gasteiger partial charge < -0.3 is 0 Å². The number of hydrogen-bond acceptors (Lipinski definition) is 6. The Hall–Kier alpha value is -2.57. The van der Waals surface area contributed by atoms with E-state index in [0.29, 0.717) is 15.3 Å². The van der Waals surface area contributed by atoms with Crippen LogP contribution in [0.4, 0.5) is 13.2 Å². The second-order valence-corrected chi connectivity index (χ2v) is 7.16. The normalized spacial score (nSPS) is 12.4. The second-order valence-electron chi connectivity index (χ2n) is 5.33. The van der Waals surface area contributed by atoms with E-state index >= 15 is 0 Å². The lowest BCUT2D eigenvalue weighted by Gasteiger charge is -2.06. The molecule has 0 unspecified atom stereocenters. The van der Waals surface area contributed by atoms with Crippen LogP contribution in [0.3, 0.4) is 0 Å². The van der Waals surface area contributed by atoms with Crippen molar-refractivity contribution in [2.45, 2.75) is 18.0 Å². The molecule has 0 atom stereocenters. The van der Waals surface area contributed by atoms with Crippen LogP contribution < -0.4 is 0 Å². The summed E-state index contributed by atoms with van der Waals surface area (Å²) < 4.78 is 70.9. The molecule has 142 valence electrons. The van der Waals surface area contributed by atoms with Gasteiger partial charge in [0.15, 0.2) is 5.82 Å². The van der Waals surface area contributed by atoms with Crippen LogP contribution >= 0.6 is 11.6 Å². The van der Waals surface area contributed by atoms with Crippen molar-refractivity contribution in [3.63, 3.8) is 0 Å². The van der Waals surface area contributed by atoms with E-state index < -0.39 is 27.0 Å². The summed E-state index contributed by atoms with van der Waals surface area (Å²) in [5.74, 6) is -2.06. The van der Waals surface area contributed by atoms with E-state index in [9.17, 15) is 21.6 Å². The highest BCUT2D eigenvalue weighted by Gasteiger charge is 2.38. The monoisotopic (exact) mass is 419 g/mol. The molecule has 3 rings (SSSR count). The fourth-order valence-electron chi connectivity index (χ4n) is 2.04. The Bertz CT molecular complexity index is 1110. The Kier molecular flexibility index (Phi) is 4.66. The molecule has 0 saturated heterocycles. The van der Waals surface area contributed by atoms with Crippen molar-refractivity contribution < 1.29 is 26.1 Å². The molecule has 1 aromatic carbocycles. The molecule has 13 heteroatoms. The summed E-state index contributed by atoms with van der Waals surface area (Å²) >= 11 is 6.02. The van der Waals surface area contributed by atoms with Crippen molar-refractivity contribution in [3.8, 4) is 17.3 Å². The molecule has 0 aliphatic heterocycles. The molecule has 0 aliphatic carbocycles. The zero-order valence-corrected chi connectivity index (χ0v) is 14.9. The first-order chi connectivity index (χ1) is 12.5. The molecule has 8 nitrogen and oxygen atoms in total. The van der Waals surface area contributed by atoms with Crippen LogP contribution in [0.2, 0.25) is 5.02 Å². The average Bonchev–Trinajstić information content (AvgIpc) is 3.02. The third kappa shape index (κ3) is 3.91. The van der Waals surface area contributed by atoms with E-state index in [1.165, 1.54) is 12.1 Å². The summed E-state index contributed by atoms with van der Waals surface area (Å²) in [6.45, 7) is 1.72. The van der Waals surface area contributed by atoms with Crippen molar-refractivity contribution in [1.29, 1.82) is 0 Å². The molecule has 0 spiro atoms. The van der Waals surface area contributed by atoms with Crippen LogP contribution in [0.15, 0.2) is 35.5 Å². The maximum atomic E-state index is 13.1. The SMILES string of the molecule is Cc1ccc(-c2nc(C(F)(F)F)nn2-c2ncc(S(=O)(=O)O)cn2)cc1Cl.